The molecule has 4 aliphatic rings. The summed E-state index contributed by atoms with van der Waals surface area (Å²) in [5.41, 5.74) is 10.9. The lowest BCUT2D eigenvalue weighted by atomic mass is 9.94. The van der Waals surface area contributed by atoms with Gasteiger partial charge in [-0.2, -0.15) is 0 Å². The van der Waals surface area contributed by atoms with Gasteiger partial charge in [-0.3, -0.25) is 28.9 Å². The van der Waals surface area contributed by atoms with Gasteiger partial charge in [-0.1, -0.05) is 139 Å². The van der Waals surface area contributed by atoms with Gasteiger partial charge in [-0.25, -0.2) is 14.4 Å². The van der Waals surface area contributed by atoms with E-state index in [-0.39, 0.29) is 47.6 Å². The summed E-state index contributed by atoms with van der Waals surface area (Å²) in [4.78, 5) is 117. The monoisotopic (exact) mass is 1320 g/mol. The number of imide groups is 1. The fourth-order valence-corrected chi connectivity index (χ4v) is 12.5. The van der Waals surface area contributed by atoms with Crippen LogP contribution in [0.25, 0.3) is 10.4 Å². The minimum Gasteiger partial charge on any atom is -0.463 e. The molecule has 3 fully saturated rings. The van der Waals surface area contributed by atoms with Gasteiger partial charge in [0.25, 0.3) is 11.8 Å². The molecule has 95 heavy (non-hydrogen) atoms. The molecule has 2 unspecified atom stereocenters. The SMILES string of the molecule is CCS[C@@H]1O[C@H](COCc2ccccc2)[C@@H](O[C@@H]2O[C@H](COC(=O)c3ccccc3)[C@H](O[C@H]3O[C@H](COC(C)=O)C(OC(C)=O)C(OC(C)=O)[C@H]3N=[N+]=[N-])[C@H](OC(=O)c3ccccc3)[C@H]2OC(=O)c2ccccc2)[C@H](OCc2ccccc2)[C@H]1N1C(=O)c2ccccc2C1=O. The molecule has 0 N–H and O–H groups in total. The topological polar surface area (TPSA) is 309 Å². The van der Waals surface area contributed by atoms with Crippen molar-refractivity contribution in [3.63, 3.8) is 0 Å². The third kappa shape index (κ3) is 17.0. The van der Waals surface area contributed by atoms with Crippen LogP contribution in [-0.2, 0) is 89.2 Å². The highest BCUT2D eigenvalue weighted by Crippen LogP contribution is 2.42. The van der Waals surface area contributed by atoms with Crippen LogP contribution in [0.2, 0.25) is 0 Å². The fraction of sp³-hybridized carbons (Fsp3) is 0.362. The summed E-state index contributed by atoms with van der Waals surface area (Å²) in [5.74, 6) is -6.57. The number of rotatable bonds is 26. The number of benzene rings is 6. The predicted octanol–water partition coefficient (Wildman–Crippen LogP) is 8.57. The third-order valence-electron chi connectivity index (χ3n) is 15.7. The van der Waals surface area contributed by atoms with Crippen molar-refractivity contribution >= 4 is 59.4 Å². The zero-order chi connectivity index (χ0) is 67.0. The van der Waals surface area contributed by atoms with Gasteiger partial charge >= 0.3 is 35.8 Å². The fourth-order valence-electron chi connectivity index (χ4n) is 11.4. The van der Waals surface area contributed by atoms with Gasteiger partial charge in [-0.15, -0.1) is 11.8 Å². The van der Waals surface area contributed by atoms with Crippen molar-refractivity contribution < 1.29 is 99.9 Å². The Kier molecular flexibility index (Phi) is 23.6. The number of nitrogens with zero attached hydrogens (tertiary/aromatic N) is 4. The zero-order valence-electron chi connectivity index (χ0n) is 51.9. The van der Waals surface area contributed by atoms with Crippen LogP contribution in [0, 0.1) is 0 Å². The van der Waals surface area contributed by atoms with Crippen LogP contribution in [0.15, 0.2) is 181 Å². The maximum atomic E-state index is 15.0. The molecule has 2 amide bonds. The maximum Gasteiger partial charge on any atom is 0.338 e. The Hall–Kier alpha value is -9.34. The number of hydrogen-bond acceptors (Lipinski definition) is 23. The van der Waals surface area contributed by atoms with E-state index < -0.39 is 152 Å². The highest BCUT2D eigenvalue weighted by atomic mass is 32.2. The molecule has 15 atom stereocenters. The Bertz CT molecular complexity index is 3650. The third-order valence-corrected chi connectivity index (χ3v) is 16.7. The van der Waals surface area contributed by atoms with Crippen LogP contribution >= 0.6 is 11.8 Å². The number of thioether (sulfide) groups is 1. The summed E-state index contributed by atoms with van der Waals surface area (Å²) in [5, 5.41) is 3.92. The van der Waals surface area contributed by atoms with Crippen molar-refractivity contribution in [1.29, 1.82) is 0 Å². The second kappa shape index (κ2) is 32.7. The number of carbonyl (C=O) groups excluding carboxylic acids is 8. The molecule has 3 saturated heterocycles. The number of amides is 2. The van der Waals surface area contributed by atoms with Crippen LogP contribution < -0.4 is 0 Å². The number of fused-ring (bicyclic) bond motifs is 1. The maximum absolute atomic E-state index is 15.0. The Morgan fingerprint density at radius 1 is 0.484 bits per heavy atom. The Labute approximate surface area is 550 Å². The predicted molar refractivity (Wildman–Crippen MR) is 334 cm³/mol. The molecular formula is C69H68N4O21S. The van der Waals surface area contributed by atoms with Crippen molar-refractivity contribution in [2.75, 3.05) is 25.6 Å². The molecule has 0 bridgehead atoms. The van der Waals surface area contributed by atoms with E-state index in [9.17, 15) is 34.3 Å². The summed E-state index contributed by atoms with van der Waals surface area (Å²) < 4.78 is 84.2. The van der Waals surface area contributed by atoms with Gasteiger partial charge in [0.2, 0.25) is 0 Å². The molecular weight excluding hydrogens is 1250 g/mol. The van der Waals surface area contributed by atoms with Crippen molar-refractivity contribution in [2.45, 2.75) is 132 Å². The van der Waals surface area contributed by atoms with Gasteiger partial charge in [0.1, 0.15) is 67.4 Å². The van der Waals surface area contributed by atoms with Crippen LogP contribution in [0.4, 0.5) is 0 Å². The standard InChI is InChI=1S/C69H68N4O21S/c1-5-95-69-54(73-62(77)48-33-21-22-34-49(48)63(73)78)59(84-36-44-25-13-7-14-26-44)56(50(90-69)37-82-35-43-23-11-6-12-24-43)94-68-61(92-66(81)47-31-19-10-20-32-47)60(91-65(80)46-29-17-9-18-30-46)57(52(89-68)39-85-64(79)45-27-15-8-16-28-45)93-67-53(71-72-70)58(87-42(4)76)55(86-41(3)75)51(88-67)38-83-40(2)74/h6-34,50-61,67-69H,5,35-39H2,1-4H3/t50-,51-,52-,53-,54-,55?,56-,57+,58?,59-,60+,61-,67-,68+,69+/m1/s1. The summed E-state index contributed by atoms with van der Waals surface area (Å²) in [7, 11) is 0. The van der Waals surface area contributed by atoms with E-state index >= 15 is 9.59 Å². The first-order valence-electron chi connectivity index (χ1n) is 30.5. The number of carbonyl (C=O) groups is 8. The number of azide groups is 1. The summed E-state index contributed by atoms with van der Waals surface area (Å²) in [6.07, 6.45) is -20.9. The Balaban J connectivity index is 1.16. The summed E-state index contributed by atoms with van der Waals surface area (Å²) >= 11 is 1.29. The van der Waals surface area contributed by atoms with Crippen molar-refractivity contribution in [3.8, 4) is 0 Å². The van der Waals surface area contributed by atoms with E-state index in [0.29, 0.717) is 11.3 Å². The van der Waals surface area contributed by atoms with E-state index in [4.69, 9.17) is 61.6 Å². The molecule has 26 heteroatoms. The number of ether oxygens (including phenoxy) is 13. The quantitative estimate of drug-likeness (QED) is 0.0123. The average molecular weight is 1320 g/mol. The van der Waals surface area contributed by atoms with E-state index in [1.807, 2.05) is 55.5 Å². The van der Waals surface area contributed by atoms with Crippen LogP contribution in [0.5, 0.6) is 0 Å². The first-order chi connectivity index (χ1) is 46.1. The molecule has 0 aliphatic carbocycles. The molecule has 496 valence electrons. The minimum atomic E-state index is -2.03. The first kappa shape index (κ1) is 68.5. The van der Waals surface area contributed by atoms with Crippen LogP contribution in [-0.4, -0.2) is 169 Å². The van der Waals surface area contributed by atoms with E-state index in [2.05, 4.69) is 10.0 Å². The van der Waals surface area contributed by atoms with Gasteiger partial charge in [0, 0.05) is 25.7 Å². The van der Waals surface area contributed by atoms with Gasteiger partial charge in [0.15, 0.2) is 37.0 Å². The molecule has 4 aliphatic heterocycles. The highest BCUT2D eigenvalue weighted by Gasteiger charge is 2.60. The number of hydrogen-bond donors (Lipinski definition) is 0. The van der Waals surface area contributed by atoms with E-state index in [1.54, 1.807) is 91.0 Å². The summed E-state index contributed by atoms with van der Waals surface area (Å²) in [6, 6.07) is 44.7. The van der Waals surface area contributed by atoms with Crippen LogP contribution in [0.1, 0.15) is 90.6 Å². The Morgan fingerprint density at radius 3 is 1.47 bits per heavy atom. The molecule has 0 aromatic heterocycles. The summed E-state index contributed by atoms with van der Waals surface area (Å²) in [6.45, 7) is 3.20. The lowest BCUT2D eigenvalue weighted by Crippen LogP contribution is -2.69. The molecule has 4 heterocycles. The van der Waals surface area contributed by atoms with E-state index in [1.165, 1.54) is 48.2 Å². The second-order valence-electron chi connectivity index (χ2n) is 22.1. The van der Waals surface area contributed by atoms with Crippen molar-refractivity contribution in [1.82, 2.24) is 4.90 Å². The normalized spacial score (nSPS) is 26.2. The van der Waals surface area contributed by atoms with Crippen molar-refractivity contribution in [3.05, 3.63) is 225 Å². The largest absolute Gasteiger partial charge is 0.463 e. The van der Waals surface area contributed by atoms with Crippen LogP contribution in [0.3, 0.4) is 0 Å². The number of esters is 6. The molecule has 0 spiro atoms. The van der Waals surface area contributed by atoms with Gasteiger partial charge < -0.3 is 61.6 Å². The lowest BCUT2D eigenvalue weighted by Gasteiger charge is -2.51. The second-order valence-corrected chi connectivity index (χ2v) is 23.5. The smallest absolute Gasteiger partial charge is 0.338 e. The molecule has 6 aromatic rings. The minimum absolute atomic E-state index is 0.0220. The molecule has 25 nitrogen and oxygen atoms in total. The zero-order valence-corrected chi connectivity index (χ0v) is 52.7. The van der Waals surface area contributed by atoms with E-state index in [0.717, 1.165) is 31.2 Å². The first-order valence-corrected chi connectivity index (χ1v) is 31.5. The molecule has 6 aromatic carbocycles. The molecule has 0 saturated carbocycles. The average Bonchev–Trinajstić information content (AvgIpc) is 1.71. The Morgan fingerprint density at radius 2 is 0.937 bits per heavy atom. The van der Waals surface area contributed by atoms with Gasteiger partial charge in [0.05, 0.1) is 47.6 Å². The lowest BCUT2D eigenvalue weighted by molar-refractivity contribution is -0.361. The van der Waals surface area contributed by atoms with Crippen molar-refractivity contribution in [2.24, 2.45) is 5.11 Å². The molecule has 0 radical (unpaired) electrons. The molecule has 10 rings (SSSR count). The van der Waals surface area contributed by atoms with Gasteiger partial charge in [-0.05, 0) is 70.9 Å². The highest BCUT2D eigenvalue weighted by molar-refractivity contribution is 7.99.